The molecule has 3 heteroatoms. The van der Waals surface area contributed by atoms with Gasteiger partial charge in [-0.1, -0.05) is 54.1 Å². The first-order chi connectivity index (χ1) is 8.70. The Bertz CT molecular complexity index is 386. The summed E-state index contributed by atoms with van der Waals surface area (Å²) in [6.45, 7) is 2.16. The molecule has 1 aliphatic carbocycles. The van der Waals surface area contributed by atoms with Gasteiger partial charge in [-0.3, -0.25) is 11.3 Å². The van der Waals surface area contributed by atoms with Crippen molar-refractivity contribution in [3.63, 3.8) is 0 Å². The van der Waals surface area contributed by atoms with E-state index in [4.69, 9.17) is 5.84 Å². The van der Waals surface area contributed by atoms with E-state index in [9.17, 15) is 0 Å². The van der Waals surface area contributed by atoms with Crippen molar-refractivity contribution in [1.29, 1.82) is 0 Å². The van der Waals surface area contributed by atoms with Crippen molar-refractivity contribution in [2.24, 2.45) is 11.8 Å². The summed E-state index contributed by atoms with van der Waals surface area (Å²) in [4.78, 5) is 0. The molecule has 1 aromatic rings. The van der Waals surface area contributed by atoms with Crippen LogP contribution in [0.15, 0.2) is 22.7 Å². The average molecular weight is 311 g/mol. The van der Waals surface area contributed by atoms with Crippen LogP contribution in [0.25, 0.3) is 0 Å². The molecule has 1 fully saturated rings. The quantitative estimate of drug-likeness (QED) is 0.645. The molecule has 2 nitrogen and oxygen atoms in total. The van der Waals surface area contributed by atoms with E-state index in [2.05, 4.69) is 46.5 Å². The third-order valence-electron chi connectivity index (χ3n) is 4.10. The normalized spacial score (nSPS) is 18.8. The van der Waals surface area contributed by atoms with E-state index in [1.807, 2.05) is 0 Å². The predicted molar refractivity (Wildman–Crippen MR) is 80.1 cm³/mol. The second-order valence-corrected chi connectivity index (χ2v) is 6.38. The zero-order chi connectivity index (χ0) is 13.0. The molecule has 0 aromatic heterocycles. The maximum atomic E-state index is 5.77. The van der Waals surface area contributed by atoms with E-state index < -0.39 is 0 Å². The smallest absolute Gasteiger partial charge is 0.0465 e. The number of hydrazine groups is 1. The highest BCUT2D eigenvalue weighted by atomic mass is 79.9. The van der Waals surface area contributed by atoms with E-state index in [0.717, 1.165) is 10.4 Å². The minimum Gasteiger partial charge on any atom is -0.271 e. The monoisotopic (exact) mass is 310 g/mol. The van der Waals surface area contributed by atoms with E-state index in [-0.39, 0.29) is 0 Å². The number of benzene rings is 1. The highest BCUT2D eigenvalue weighted by molar-refractivity contribution is 9.10. The fourth-order valence-electron chi connectivity index (χ4n) is 3.07. The molecule has 0 heterocycles. The summed E-state index contributed by atoms with van der Waals surface area (Å²) in [6.07, 6.45) is 8.09. The molecule has 2 rings (SSSR count). The van der Waals surface area contributed by atoms with Crippen LogP contribution in [-0.4, -0.2) is 0 Å². The van der Waals surface area contributed by atoms with Gasteiger partial charge >= 0.3 is 0 Å². The fourth-order valence-corrected chi connectivity index (χ4v) is 3.55. The zero-order valence-corrected chi connectivity index (χ0v) is 12.7. The lowest BCUT2D eigenvalue weighted by Crippen LogP contribution is -2.30. The van der Waals surface area contributed by atoms with Crippen molar-refractivity contribution in [3.8, 4) is 0 Å². The number of halogens is 1. The van der Waals surface area contributed by atoms with Gasteiger partial charge < -0.3 is 0 Å². The molecule has 0 amide bonds. The summed E-state index contributed by atoms with van der Waals surface area (Å²) in [5.41, 5.74) is 5.66. The topological polar surface area (TPSA) is 38.0 Å². The largest absolute Gasteiger partial charge is 0.271 e. The van der Waals surface area contributed by atoms with E-state index in [1.165, 1.54) is 49.7 Å². The number of nitrogens with one attached hydrogen (secondary N) is 1. The Morgan fingerprint density at radius 2 is 2.06 bits per heavy atom. The molecule has 18 heavy (non-hydrogen) atoms. The first-order valence-electron chi connectivity index (χ1n) is 6.93. The lowest BCUT2D eigenvalue weighted by Gasteiger charge is -2.27. The number of aryl methyl sites for hydroxylation is 1. The first-order valence-corrected chi connectivity index (χ1v) is 7.72. The molecule has 0 aliphatic heterocycles. The van der Waals surface area contributed by atoms with E-state index in [1.54, 1.807) is 0 Å². The van der Waals surface area contributed by atoms with E-state index >= 15 is 0 Å². The summed E-state index contributed by atoms with van der Waals surface area (Å²) >= 11 is 3.51. The lowest BCUT2D eigenvalue weighted by atomic mass is 9.83. The van der Waals surface area contributed by atoms with Crippen molar-refractivity contribution < 1.29 is 0 Å². The van der Waals surface area contributed by atoms with Crippen LogP contribution >= 0.6 is 15.9 Å². The standard InChI is InChI=1S/C15H23BrN2/c1-11-9-13(16)7-8-14(11)15(18-17)10-12-5-3-2-4-6-12/h7-9,12,15,18H,2-6,10,17H2,1H3. The van der Waals surface area contributed by atoms with Gasteiger partial charge in [-0.05, 0) is 42.5 Å². The minimum absolute atomic E-state index is 0.293. The number of hydrogen-bond donors (Lipinski definition) is 2. The van der Waals surface area contributed by atoms with Crippen molar-refractivity contribution in [2.45, 2.75) is 51.5 Å². The summed E-state index contributed by atoms with van der Waals surface area (Å²) in [5.74, 6) is 6.60. The Hall–Kier alpha value is -0.380. The molecule has 1 aliphatic rings. The van der Waals surface area contributed by atoms with Crippen LogP contribution in [-0.2, 0) is 0 Å². The minimum atomic E-state index is 0.293. The summed E-state index contributed by atoms with van der Waals surface area (Å²) in [5, 5.41) is 0. The van der Waals surface area contributed by atoms with Crippen LogP contribution in [0.3, 0.4) is 0 Å². The van der Waals surface area contributed by atoms with Gasteiger partial charge in [-0.15, -0.1) is 0 Å². The van der Waals surface area contributed by atoms with Gasteiger partial charge in [0.05, 0.1) is 0 Å². The molecule has 3 N–H and O–H groups in total. The Labute approximate surface area is 118 Å². The lowest BCUT2D eigenvalue weighted by molar-refractivity contribution is 0.300. The first kappa shape index (κ1) is 14.0. The third kappa shape index (κ3) is 3.56. The molecular weight excluding hydrogens is 288 g/mol. The molecule has 1 atom stereocenters. The van der Waals surface area contributed by atoms with Crippen LogP contribution in [0, 0.1) is 12.8 Å². The highest BCUT2D eigenvalue weighted by Crippen LogP contribution is 2.33. The number of rotatable bonds is 4. The predicted octanol–water partition coefficient (Wildman–Crippen LogP) is 4.23. The van der Waals surface area contributed by atoms with Crippen LogP contribution in [0.5, 0.6) is 0 Å². The molecule has 100 valence electrons. The van der Waals surface area contributed by atoms with Gasteiger partial charge in [0.25, 0.3) is 0 Å². The summed E-state index contributed by atoms with van der Waals surface area (Å²) in [6, 6.07) is 6.75. The van der Waals surface area contributed by atoms with Crippen molar-refractivity contribution in [3.05, 3.63) is 33.8 Å². The van der Waals surface area contributed by atoms with Gasteiger partial charge in [-0.2, -0.15) is 0 Å². The second-order valence-electron chi connectivity index (χ2n) is 5.46. The number of nitrogens with two attached hydrogens (primary N) is 1. The van der Waals surface area contributed by atoms with Crippen LogP contribution in [0.4, 0.5) is 0 Å². The third-order valence-corrected chi connectivity index (χ3v) is 4.60. The number of hydrogen-bond acceptors (Lipinski definition) is 2. The molecule has 1 aromatic carbocycles. The molecule has 0 spiro atoms. The average Bonchev–Trinajstić information content (AvgIpc) is 2.38. The van der Waals surface area contributed by atoms with E-state index in [0.29, 0.717) is 6.04 Å². The van der Waals surface area contributed by atoms with Crippen LogP contribution in [0.2, 0.25) is 0 Å². The van der Waals surface area contributed by atoms with Crippen molar-refractivity contribution in [2.75, 3.05) is 0 Å². The highest BCUT2D eigenvalue weighted by Gasteiger charge is 2.20. The summed E-state index contributed by atoms with van der Waals surface area (Å²) in [7, 11) is 0. The van der Waals surface area contributed by atoms with Crippen LogP contribution < -0.4 is 11.3 Å². The Morgan fingerprint density at radius 3 is 2.67 bits per heavy atom. The van der Waals surface area contributed by atoms with Gasteiger partial charge in [0, 0.05) is 10.5 Å². The zero-order valence-electron chi connectivity index (χ0n) is 11.1. The Morgan fingerprint density at radius 1 is 1.33 bits per heavy atom. The van der Waals surface area contributed by atoms with Gasteiger partial charge in [0.2, 0.25) is 0 Å². The summed E-state index contributed by atoms with van der Waals surface area (Å²) < 4.78 is 1.14. The molecule has 0 radical (unpaired) electrons. The second kappa shape index (κ2) is 6.69. The molecule has 1 saturated carbocycles. The molecule has 0 saturated heterocycles. The molecular formula is C15H23BrN2. The van der Waals surface area contributed by atoms with Crippen molar-refractivity contribution in [1.82, 2.24) is 5.43 Å². The molecule has 0 bridgehead atoms. The maximum absolute atomic E-state index is 5.77. The van der Waals surface area contributed by atoms with Crippen molar-refractivity contribution >= 4 is 15.9 Å². The van der Waals surface area contributed by atoms with Gasteiger partial charge in [-0.25, -0.2) is 0 Å². The van der Waals surface area contributed by atoms with Gasteiger partial charge in [0.15, 0.2) is 0 Å². The molecule has 1 unspecified atom stereocenters. The van der Waals surface area contributed by atoms with Gasteiger partial charge in [0.1, 0.15) is 0 Å². The Balaban J connectivity index is 2.07. The Kier molecular flexibility index (Phi) is 5.22. The van der Waals surface area contributed by atoms with Crippen LogP contribution in [0.1, 0.15) is 55.7 Å². The maximum Gasteiger partial charge on any atom is 0.0465 e. The SMILES string of the molecule is Cc1cc(Br)ccc1C(CC1CCCCC1)NN. The fraction of sp³-hybridized carbons (Fsp3) is 0.600.